The largest absolute Gasteiger partial charge is 0.337 e. The van der Waals surface area contributed by atoms with Crippen molar-refractivity contribution in [1.29, 1.82) is 0 Å². The van der Waals surface area contributed by atoms with Crippen molar-refractivity contribution in [1.82, 2.24) is 14.9 Å². The zero-order chi connectivity index (χ0) is 20.2. The number of hydrogen-bond acceptors (Lipinski definition) is 3. The summed E-state index contributed by atoms with van der Waals surface area (Å²) >= 11 is 0. The highest BCUT2D eigenvalue weighted by Crippen LogP contribution is 2.28. The summed E-state index contributed by atoms with van der Waals surface area (Å²) in [6.07, 6.45) is 4.64. The molecule has 1 atom stereocenters. The number of likely N-dealkylation sites (tertiary alicyclic amines) is 1. The van der Waals surface area contributed by atoms with E-state index in [2.05, 4.69) is 55.2 Å². The van der Waals surface area contributed by atoms with Crippen LogP contribution in [0.15, 0.2) is 60.8 Å². The Balaban J connectivity index is 1.54. The van der Waals surface area contributed by atoms with Crippen LogP contribution in [0, 0.1) is 13.8 Å². The van der Waals surface area contributed by atoms with Gasteiger partial charge in [0.1, 0.15) is 5.69 Å². The summed E-state index contributed by atoms with van der Waals surface area (Å²) in [5.74, 6) is 0.287. The summed E-state index contributed by atoms with van der Waals surface area (Å²) in [7, 11) is 0. The van der Waals surface area contributed by atoms with Crippen molar-refractivity contribution in [2.45, 2.75) is 39.0 Å². The summed E-state index contributed by atoms with van der Waals surface area (Å²) in [6, 6.07) is 18.4. The van der Waals surface area contributed by atoms with Gasteiger partial charge in [-0.15, -0.1) is 0 Å². The van der Waals surface area contributed by atoms with E-state index in [0.717, 1.165) is 37.2 Å². The number of piperidine rings is 1. The lowest BCUT2D eigenvalue weighted by Crippen LogP contribution is -2.39. The third kappa shape index (κ3) is 4.53. The van der Waals surface area contributed by atoms with Gasteiger partial charge in [0.05, 0.1) is 0 Å². The number of carbonyl (C=O) groups excluding carboxylic acids is 1. The molecular weight excluding hydrogens is 358 g/mol. The minimum Gasteiger partial charge on any atom is -0.337 e. The molecule has 1 saturated heterocycles. The molecule has 0 saturated carbocycles. The molecule has 1 unspecified atom stereocenters. The van der Waals surface area contributed by atoms with Crippen LogP contribution in [0.5, 0.6) is 0 Å². The molecule has 4 heteroatoms. The predicted molar refractivity (Wildman–Crippen MR) is 115 cm³/mol. The average molecular weight is 386 g/mol. The molecule has 0 spiro atoms. The fourth-order valence-corrected chi connectivity index (χ4v) is 4.16. The average Bonchev–Trinajstić information content (AvgIpc) is 2.75. The molecule has 4 rings (SSSR count). The lowest BCUT2D eigenvalue weighted by atomic mass is 9.91. The predicted octanol–water partition coefficient (Wildman–Crippen LogP) is 4.70. The molecule has 148 valence electrons. The highest BCUT2D eigenvalue weighted by atomic mass is 16.2. The number of pyridine rings is 2. The van der Waals surface area contributed by atoms with Crippen LogP contribution in [0.2, 0.25) is 0 Å². The van der Waals surface area contributed by atoms with Gasteiger partial charge >= 0.3 is 0 Å². The van der Waals surface area contributed by atoms with Crippen molar-refractivity contribution in [2.75, 3.05) is 13.1 Å². The normalized spacial score (nSPS) is 16.6. The van der Waals surface area contributed by atoms with Crippen LogP contribution in [-0.4, -0.2) is 33.9 Å². The van der Waals surface area contributed by atoms with Gasteiger partial charge in [0, 0.05) is 36.6 Å². The van der Waals surface area contributed by atoms with Gasteiger partial charge in [-0.05, 0) is 74.1 Å². The standard InChI is InChI=1S/C25H27N3O/c1-18-8-3-4-9-21(18)15-20-14-19(2)27-24(16-20)22-10-7-13-28(17-22)25(29)23-11-5-6-12-26-23/h3-6,8-9,11-12,14,16,22H,7,10,13,15,17H2,1-2H3. The Morgan fingerprint density at radius 1 is 1.10 bits per heavy atom. The second kappa shape index (κ2) is 8.56. The fraction of sp³-hybridized carbons (Fsp3) is 0.320. The highest BCUT2D eigenvalue weighted by molar-refractivity contribution is 5.92. The molecule has 4 nitrogen and oxygen atoms in total. The third-order valence-corrected chi connectivity index (χ3v) is 5.70. The molecule has 1 aliphatic heterocycles. The summed E-state index contributed by atoms with van der Waals surface area (Å²) in [5, 5.41) is 0. The van der Waals surface area contributed by atoms with Crippen LogP contribution in [0.4, 0.5) is 0 Å². The molecule has 2 aromatic heterocycles. The van der Waals surface area contributed by atoms with Gasteiger partial charge in [0.2, 0.25) is 0 Å². The van der Waals surface area contributed by atoms with Gasteiger partial charge in [-0.25, -0.2) is 0 Å². The molecule has 29 heavy (non-hydrogen) atoms. The number of nitrogens with zero attached hydrogens (tertiary/aromatic N) is 3. The molecule has 0 bridgehead atoms. The van der Waals surface area contributed by atoms with E-state index >= 15 is 0 Å². The first kappa shape index (κ1) is 19.3. The molecule has 3 aromatic rings. The molecule has 1 aliphatic rings. The third-order valence-electron chi connectivity index (χ3n) is 5.70. The zero-order valence-corrected chi connectivity index (χ0v) is 17.1. The van der Waals surface area contributed by atoms with E-state index in [9.17, 15) is 4.79 Å². The lowest BCUT2D eigenvalue weighted by molar-refractivity contribution is 0.0700. The highest BCUT2D eigenvalue weighted by Gasteiger charge is 2.27. The van der Waals surface area contributed by atoms with Crippen LogP contribution in [-0.2, 0) is 6.42 Å². The van der Waals surface area contributed by atoms with Crippen molar-refractivity contribution >= 4 is 5.91 Å². The summed E-state index contributed by atoms with van der Waals surface area (Å²) in [5.41, 5.74) is 6.61. The van der Waals surface area contributed by atoms with E-state index in [4.69, 9.17) is 4.98 Å². The number of carbonyl (C=O) groups is 1. The Kier molecular flexibility index (Phi) is 5.70. The first-order valence-corrected chi connectivity index (χ1v) is 10.3. The number of benzene rings is 1. The van der Waals surface area contributed by atoms with Crippen molar-refractivity contribution in [3.63, 3.8) is 0 Å². The smallest absolute Gasteiger partial charge is 0.272 e. The number of amides is 1. The van der Waals surface area contributed by atoms with Crippen molar-refractivity contribution in [2.24, 2.45) is 0 Å². The van der Waals surface area contributed by atoms with Crippen molar-refractivity contribution in [3.05, 3.63) is 94.6 Å². The summed E-state index contributed by atoms with van der Waals surface area (Å²) < 4.78 is 0. The van der Waals surface area contributed by atoms with Crippen molar-refractivity contribution < 1.29 is 4.79 Å². The first-order chi connectivity index (χ1) is 14.1. The number of aromatic nitrogens is 2. The Bertz CT molecular complexity index is 1000. The number of hydrogen-bond donors (Lipinski definition) is 0. The number of rotatable bonds is 4. The molecule has 0 N–H and O–H groups in total. The molecule has 1 aromatic carbocycles. The SMILES string of the molecule is Cc1cc(Cc2ccccc2C)cc(C2CCCN(C(=O)c3ccccn3)C2)n1. The van der Waals surface area contributed by atoms with Crippen LogP contribution in [0.25, 0.3) is 0 Å². The topological polar surface area (TPSA) is 46.1 Å². The van der Waals surface area contributed by atoms with Crippen molar-refractivity contribution in [3.8, 4) is 0 Å². The van der Waals surface area contributed by atoms with Gasteiger partial charge in [0.15, 0.2) is 0 Å². The first-order valence-electron chi connectivity index (χ1n) is 10.3. The van der Waals surface area contributed by atoms with Crippen LogP contribution < -0.4 is 0 Å². The molecule has 1 amide bonds. The van der Waals surface area contributed by atoms with Crippen LogP contribution >= 0.6 is 0 Å². The fourth-order valence-electron chi connectivity index (χ4n) is 4.16. The quantitative estimate of drug-likeness (QED) is 0.654. The Morgan fingerprint density at radius 2 is 1.93 bits per heavy atom. The second-order valence-electron chi connectivity index (χ2n) is 7.95. The monoisotopic (exact) mass is 385 g/mol. The van der Waals surface area contributed by atoms with Gasteiger partial charge < -0.3 is 4.90 Å². The maximum Gasteiger partial charge on any atom is 0.272 e. The van der Waals surface area contributed by atoms with E-state index < -0.39 is 0 Å². The Labute approximate surface area is 172 Å². The number of aryl methyl sites for hydroxylation is 2. The lowest BCUT2D eigenvalue weighted by Gasteiger charge is -2.32. The van der Waals surface area contributed by atoms with Gasteiger partial charge in [-0.1, -0.05) is 30.3 Å². The van der Waals surface area contributed by atoms with Gasteiger partial charge in [-0.3, -0.25) is 14.8 Å². The van der Waals surface area contributed by atoms with E-state index in [1.54, 1.807) is 12.3 Å². The zero-order valence-electron chi connectivity index (χ0n) is 17.1. The van der Waals surface area contributed by atoms with Crippen LogP contribution in [0.1, 0.15) is 57.3 Å². The van der Waals surface area contributed by atoms with E-state index in [-0.39, 0.29) is 11.8 Å². The van der Waals surface area contributed by atoms with Crippen LogP contribution in [0.3, 0.4) is 0 Å². The molecule has 1 fully saturated rings. The van der Waals surface area contributed by atoms with Gasteiger partial charge in [-0.2, -0.15) is 0 Å². The molecular formula is C25H27N3O. The molecule has 0 aliphatic carbocycles. The second-order valence-corrected chi connectivity index (χ2v) is 7.95. The summed E-state index contributed by atoms with van der Waals surface area (Å²) in [6.45, 7) is 5.71. The van der Waals surface area contributed by atoms with Gasteiger partial charge in [0.25, 0.3) is 5.91 Å². The Hall–Kier alpha value is -3.01. The Morgan fingerprint density at radius 3 is 2.72 bits per heavy atom. The van der Waals surface area contributed by atoms with E-state index in [0.29, 0.717) is 12.2 Å². The molecule has 3 heterocycles. The maximum absolute atomic E-state index is 12.8. The minimum absolute atomic E-state index is 0.0167. The van der Waals surface area contributed by atoms with E-state index in [1.807, 2.05) is 17.0 Å². The summed E-state index contributed by atoms with van der Waals surface area (Å²) in [4.78, 5) is 23.8. The minimum atomic E-state index is 0.0167. The maximum atomic E-state index is 12.8. The molecule has 0 radical (unpaired) electrons. The van der Waals surface area contributed by atoms with E-state index in [1.165, 1.54) is 16.7 Å².